The molecule has 1 saturated heterocycles. The van der Waals surface area contributed by atoms with Gasteiger partial charge in [0, 0.05) is 17.5 Å². The lowest BCUT2D eigenvalue weighted by Gasteiger charge is -2.21. The van der Waals surface area contributed by atoms with Crippen molar-refractivity contribution in [1.29, 1.82) is 0 Å². The van der Waals surface area contributed by atoms with E-state index in [1.54, 1.807) is 11.3 Å². The topological polar surface area (TPSA) is 36.4 Å². The van der Waals surface area contributed by atoms with Crippen LogP contribution >= 0.6 is 11.3 Å². The molecular formula is C14H16N2OS. The Morgan fingerprint density at radius 1 is 1.33 bits per heavy atom. The van der Waals surface area contributed by atoms with Crippen molar-refractivity contribution >= 4 is 16.5 Å². The number of thiazole rings is 1. The molecule has 1 aromatic carbocycles. The monoisotopic (exact) mass is 260 g/mol. The Morgan fingerprint density at radius 3 is 2.94 bits per heavy atom. The summed E-state index contributed by atoms with van der Waals surface area (Å²) in [6, 6.07) is 10.5. The molecule has 0 spiro atoms. The molecule has 1 N–H and O–H groups in total. The van der Waals surface area contributed by atoms with Gasteiger partial charge in [0.05, 0.1) is 18.3 Å². The van der Waals surface area contributed by atoms with Crippen LogP contribution in [0.5, 0.6) is 0 Å². The van der Waals surface area contributed by atoms with E-state index in [1.165, 1.54) is 0 Å². The van der Waals surface area contributed by atoms with Gasteiger partial charge in [-0.05, 0) is 12.8 Å². The molecule has 1 fully saturated rings. The van der Waals surface area contributed by atoms with Crippen molar-refractivity contribution in [3.05, 3.63) is 35.7 Å². The summed E-state index contributed by atoms with van der Waals surface area (Å²) in [6.07, 6.45) is 2.21. The van der Waals surface area contributed by atoms with E-state index in [1.807, 2.05) is 18.2 Å². The zero-order chi connectivity index (χ0) is 12.4. The fraction of sp³-hybridized carbons (Fsp3) is 0.357. The van der Waals surface area contributed by atoms with Crippen LogP contribution in [-0.4, -0.2) is 29.3 Å². The van der Waals surface area contributed by atoms with Gasteiger partial charge in [0.2, 0.25) is 0 Å². The van der Waals surface area contributed by atoms with Gasteiger partial charge in [-0.3, -0.25) is 0 Å². The normalized spacial score (nSPS) is 19.4. The second kappa shape index (κ2) is 5.08. The molecule has 3 nitrogen and oxygen atoms in total. The quantitative estimate of drug-likeness (QED) is 0.922. The minimum absolute atomic E-state index is 0.222. The fourth-order valence-corrected chi connectivity index (χ4v) is 3.35. The van der Waals surface area contributed by atoms with E-state index >= 15 is 0 Å². The second-order valence-corrected chi connectivity index (χ2v) is 5.39. The van der Waals surface area contributed by atoms with Gasteiger partial charge in [-0.15, -0.1) is 11.3 Å². The SMILES string of the molecule is OC[C@@H]1CCCN1c1nc(-c2ccccc2)cs1. The molecule has 18 heavy (non-hydrogen) atoms. The van der Waals surface area contributed by atoms with Crippen LogP contribution in [0.15, 0.2) is 35.7 Å². The molecule has 2 heterocycles. The Bertz CT molecular complexity index is 512. The molecule has 94 valence electrons. The van der Waals surface area contributed by atoms with Crippen LogP contribution < -0.4 is 4.90 Å². The van der Waals surface area contributed by atoms with Crippen LogP contribution in [0.3, 0.4) is 0 Å². The first-order chi connectivity index (χ1) is 8.88. The van der Waals surface area contributed by atoms with E-state index in [0.29, 0.717) is 0 Å². The Hall–Kier alpha value is -1.39. The van der Waals surface area contributed by atoms with E-state index in [4.69, 9.17) is 4.98 Å². The fourth-order valence-electron chi connectivity index (χ4n) is 2.42. The van der Waals surface area contributed by atoms with Crippen LogP contribution in [0.25, 0.3) is 11.3 Å². The van der Waals surface area contributed by atoms with Crippen LogP contribution in [0, 0.1) is 0 Å². The first kappa shape index (κ1) is 11.7. The number of anilines is 1. The van der Waals surface area contributed by atoms with Crippen molar-refractivity contribution < 1.29 is 5.11 Å². The summed E-state index contributed by atoms with van der Waals surface area (Å²) >= 11 is 1.66. The van der Waals surface area contributed by atoms with Crippen molar-refractivity contribution in [2.45, 2.75) is 18.9 Å². The summed E-state index contributed by atoms with van der Waals surface area (Å²) in [6.45, 7) is 1.23. The third-order valence-corrected chi connectivity index (χ3v) is 4.27. The van der Waals surface area contributed by atoms with Crippen molar-refractivity contribution in [2.75, 3.05) is 18.1 Å². The maximum Gasteiger partial charge on any atom is 0.186 e. The predicted molar refractivity (Wildman–Crippen MR) is 75.0 cm³/mol. The minimum atomic E-state index is 0.222. The highest BCUT2D eigenvalue weighted by Gasteiger charge is 2.26. The van der Waals surface area contributed by atoms with Gasteiger partial charge in [0.15, 0.2) is 5.13 Å². The van der Waals surface area contributed by atoms with E-state index in [2.05, 4.69) is 22.4 Å². The average molecular weight is 260 g/mol. The maximum atomic E-state index is 9.36. The lowest BCUT2D eigenvalue weighted by atomic mass is 10.2. The van der Waals surface area contributed by atoms with Crippen LogP contribution in [-0.2, 0) is 0 Å². The highest BCUT2D eigenvalue weighted by molar-refractivity contribution is 7.14. The third kappa shape index (κ3) is 2.13. The molecule has 1 aliphatic heterocycles. The first-order valence-electron chi connectivity index (χ1n) is 6.27. The summed E-state index contributed by atoms with van der Waals surface area (Å²) in [5, 5.41) is 12.5. The number of aliphatic hydroxyl groups is 1. The van der Waals surface area contributed by atoms with Gasteiger partial charge < -0.3 is 10.0 Å². The summed E-state index contributed by atoms with van der Waals surface area (Å²) in [7, 11) is 0. The first-order valence-corrected chi connectivity index (χ1v) is 7.15. The average Bonchev–Trinajstić information content (AvgIpc) is 3.08. The summed E-state index contributed by atoms with van der Waals surface area (Å²) in [4.78, 5) is 6.93. The van der Waals surface area contributed by atoms with E-state index in [9.17, 15) is 5.11 Å². The number of aliphatic hydroxyl groups excluding tert-OH is 1. The Kier molecular flexibility index (Phi) is 3.30. The minimum Gasteiger partial charge on any atom is -0.394 e. The second-order valence-electron chi connectivity index (χ2n) is 4.55. The van der Waals surface area contributed by atoms with Crippen LogP contribution in [0.1, 0.15) is 12.8 Å². The van der Waals surface area contributed by atoms with E-state index in [0.717, 1.165) is 35.8 Å². The van der Waals surface area contributed by atoms with Crippen LogP contribution in [0.4, 0.5) is 5.13 Å². The number of rotatable bonds is 3. The van der Waals surface area contributed by atoms with Crippen LogP contribution in [0.2, 0.25) is 0 Å². The molecule has 1 aromatic heterocycles. The Labute approximate surface area is 111 Å². The van der Waals surface area contributed by atoms with Gasteiger partial charge in [-0.2, -0.15) is 0 Å². The zero-order valence-corrected chi connectivity index (χ0v) is 10.9. The van der Waals surface area contributed by atoms with Crippen molar-refractivity contribution in [2.24, 2.45) is 0 Å². The smallest absolute Gasteiger partial charge is 0.186 e. The number of benzene rings is 1. The van der Waals surface area contributed by atoms with Gasteiger partial charge in [0.1, 0.15) is 0 Å². The third-order valence-electron chi connectivity index (χ3n) is 3.40. The lowest BCUT2D eigenvalue weighted by Crippen LogP contribution is -2.31. The summed E-state index contributed by atoms with van der Waals surface area (Å²) in [5.74, 6) is 0. The Balaban J connectivity index is 1.86. The maximum absolute atomic E-state index is 9.36. The molecule has 0 amide bonds. The molecule has 1 aliphatic rings. The molecule has 2 aromatic rings. The summed E-state index contributed by atoms with van der Waals surface area (Å²) < 4.78 is 0. The molecule has 4 heteroatoms. The molecule has 0 unspecified atom stereocenters. The van der Waals surface area contributed by atoms with Gasteiger partial charge in [0.25, 0.3) is 0 Å². The summed E-state index contributed by atoms with van der Waals surface area (Å²) in [5.41, 5.74) is 2.18. The number of nitrogens with zero attached hydrogens (tertiary/aromatic N) is 2. The molecule has 0 saturated carbocycles. The lowest BCUT2D eigenvalue weighted by molar-refractivity contribution is 0.266. The molecule has 0 radical (unpaired) electrons. The van der Waals surface area contributed by atoms with Crippen molar-refractivity contribution in [3.8, 4) is 11.3 Å². The molecule has 0 aliphatic carbocycles. The molecule has 1 atom stereocenters. The van der Waals surface area contributed by atoms with E-state index in [-0.39, 0.29) is 12.6 Å². The zero-order valence-electron chi connectivity index (χ0n) is 10.1. The molecular weight excluding hydrogens is 244 g/mol. The number of hydrogen-bond acceptors (Lipinski definition) is 4. The number of hydrogen-bond donors (Lipinski definition) is 1. The van der Waals surface area contributed by atoms with Crippen molar-refractivity contribution in [1.82, 2.24) is 4.98 Å². The highest BCUT2D eigenvalue weighted by Crippen LogP contribution is 2.31. The molecule has 3 rings (SSSR count). The Morgan fingerprint density at radius 2 is 2.17 bits per heavy atom. The largest absolute Gasteiger partial charge is 0.394 e. The standard InChI is InChI=1S/C14H16N2OS/c17-9-12-7-4-8-16(12)14-15-13(10-18-14)11-5-2-1-3-6-11/h1-3,5-6,10,12,17H,4,7-9H2/t12-/m0/s1. The van der Waals surface area contributed by atoms with Gasteiger partial charge in [-0.25, -0.2) is 4.98 Å². The van der Waals surface area contributed by atoms with Gasteiger partial charge in [-0.1, -0.05) is 30.3 Å². The van der Waals surface area contributed by atoms with Crippen molar-refractivity contribution in [3.63, 3.8) is 0 Å². The van der Waals surface area contributed by atoms with Gasteiger partial charge >= 0.3 is 0 Å². The highest BCUT2D eigenvalue weighted by atomic mass is 32.1. The number of aromatic nitrogens is 1. The van der Waals surface area contributed by atoms with E-state index < -0.39 is 0 Å². The molecule has 0 bridgehead atoms. The predicted octanol–water partition coefficient (Wildman–Crippen LogP) is 2.77.